The monoisotopic (exact) mass is 484 g/mol. The van der Waals surface area contributed by atoms with Gasteiger partial charge in [-0.2, -0.15) is 34.8 Å². The van der Waals surface area contributed by atoms with Gasteiger partial charge >= 0.3 is 12.4 Å². The molecule has 0 radical (unpaired) electrons. The van der Waals surface area contributed by atoms with E-state index >= 15 is 0 Å². The van der Waals surface area contributed by atoms with Gasteiger partial charge in [-0.3, -0.25) is 4.18 Å². The smallest absolute Gasteiger partial charge is 0.420 e. The Kier molecular flexibility index (Phi) is 6.99. The van der Waals surface area contributed by atoms with Crippen LogP contribution in [0.5, 0.6) is 5.75 Å². The highest BCUT2D eigenvalue weighted by Crippen LogP contribution is 2.44. The van der Waals surface area contributed by atoms with Crippen molar-refractivity contribution in [2.75, 3.05) is 12.9 Å². The highest BCUT2D eigenvalue weighted by Gasteiger charge is 2.42. The van der Waals surface area contributed by atoms with E-state index in [9.17, 15) is 34.8 Å². The normalized spacial score (nSPS) is 20.5. The van der Waals surface area contributed by atoms with E-state index in [2.05, 4.69) is 4.18 Å². The van der Waals surface area contributed by atoms with Gasteiger partial charge in [0, 0.05) is 0 Å². The van der Waals surface area contributed by atoms with E-state index in [1.807, 2.05) is 0 Å². The molecule has 2 aromatic rings. The van der Waals surface area contributed by atoms with Crippen LogP contribution < -0.4 is 4.74 Å². The van der Waals surface area contributed by atoms with Crippen molar-refractivity contribution in [1.82, 2.24) is 0 Å². The van der Waals surface area contributed by atoms with Crippen molar-refractivity contribution in [1.29, 1.82) is 0 Å². The van der Waals surface area contributed by atoms with Gasteiger partial charge in [0.25, 0.3) is 10.1 Å². The molecule has 0 bridgehead atoms. The number of hydrogen-bond donors (Lipinski definition) is 0. The van der Waals surface area contributed by atoms with Crippen LogP contribution in [0.4, 0.5) is 26.3 Å². The van der Waals surface area contributed by atoms with E-state index in [0.717, 1.165) is 6.26 Å². The second-order valence-electron chi connectivity index (χ2n) is 7.90. The van der Waals surface area contributed by atoms with Gasteiger partial charge in [0.1, 0.15) is 11.3 Å². The molecule has 1 aliphatic carbocycles. The summed E-state index contributed by atoms with van der Waals surface area (Å²) in [7, 11) is -3.67. The van der Waals surface area contributed by atoms with Crippen LogP contribution in [0.25, 0.3) is 10.8 Å². The Balaban J connectivity index is 1.86. The number of benzene rings is 2. The lowest BCUT2D eigenvalue weighted by molar-refractivity contribution is -0.185. The number of hydrogen-bond acceptors (Lipinski definition) is 4. The molecule has 0 aromatic heterocycles. The van der Waals surface area contributed by atoms with Crippen LogP contribution in [0.15, 0.2) is 30.3 Å². The molecule has 0 saturated heterocycles. The van der Waals surface area contributed by atoms with Crippen molar-refractivity contribution in [3.05, 3.63) is 41.5 Å². The molecule has 0 heterocycles. The van der Waals surface area contributed by atoms with E-state index in [1.165, 1.54) is 24.3 Å². The fourth-order valence-electron chi connectivity index (χ4n) is 3.89. The molecule has 0 atom stereocenters. The fourth-order valence-corrected chi connectivity index (χ4v) is 4.28. The third-order valence-electron chi connectivity index (χ3n) is 5.45. The van der Waals surface area contributed by atoms with Gasteiger partial charge in [-0.05, 0) is 54.5 Å². The maximum absolute atomic E-state index is 14.0. The highest BCUT2D eigenvalue weighted by atomic mass is 32.2. The lowest BCUT2D eigenvalue weighted by Gasteiger charge is -2.31. The quantitative estimate of drug-likeness (QED) is 0.380. The maximum atomic E-state index is 14.0. The summed E-state index contributed by atoms with van der Waals surface area (Å²) in [5.41, 5.74) is -0.562. The van der Waals surface area contributed by atoms with E-state index in [0.29, 0.717) is 10.9 Å². The van der Waals surface area contributed by atoms with E-state index in [-0.39, 0.29) is 44.1 Å². The molecule has 0 aliphatic heterocycles. The van der Waals surface area contributed by atoms with Crippen LogP contribution in [0.3, 0.4) is 0 Å². The van der Waals surface area contributed by atoms with Gasteiger partial charge in [0.15, 0.2) is 0 Å². The van der Waals surface area contributed by atoms with Crippen molar-refractivity contribution in [3.63, 3.8) is 0 Å². The molecule has 1 aliphatic rings. The number of alkyl halides is 6. The molecule has 4 nitrogen and oxygen atoms in total. The zero-order valence-electron chi connectivity index (χ0n) is 17.1. The minimum absolute atomic E-state index is 0.0163. The molecular formula is C21H22F6O4S. The molecule has 1 fully saturated rings. The second-order valence-corrected chi connectivity index (χ2v) is 9.55. The summed E-state index contributed by atoms with van der Waals surface area (Å²) in [6.45, 7) is -0.218. The van der Waals surface area contributed by atoms with Crippen LogP contribution >= 0.6 is 0 Å². The van der Waals surface area contributed by atoms with E-state index < -0.39 is 45.8 Å². The lowest BCUT2D eigenvalue weighted by Crippen LogP contribution is -2.32. The predicted octanol–water partition coefficient (Wildman–Crippen LogP) is 5.88. The van der Waals surface area contributed by atoms with E-state index in [4.69, 9.17) is 4.74 Å². The summed E-state index contributed by atoms with van der Waals surface area (Å²) in [6.07, 6.45) is -9.21. The summed E-state index contributed by atoms with van der Waals surface area (Å²) in [6, 6.07) is 7.01. The largest absolute Gasteiger partial charge is 0.490 e. The zero-order chi connectivity index (χ0) is 23.7. The number of halogens is 6. The summed E-state index contributed by atoms with van der Waals surface area (Å²) in [4.78, 5) is 0. The highest BCUT2D eigenvalue weighted by molar-refractivity contribution is 7.85. The summed E-state index contributed by atoms with van der Waals surface area (Å²) in [5, 5.41) is 0.175. The summed E-state index contributed by atoms with van der Waals surface area (Å²) >= 11 is 0. The molecule has 3 rings (SSSR count). The molecule has 0 N–H and O–H groups in total. The Morgan fingerprint density at radius 3 is 2.16 bits per heavy atom. The van der Waals surface area contributed by atoms with Crippen LogP contribution in [-0.2, 0) is 26.9 Å². The zero-order valence-corrected chi connectivity index (χ0v) is 17.9. The van der Waals surface area contributed by atoms with E-state index in [1.54, 1.807) is 6.07 Å². The maximum Gasteiger partial charge on any atom is 0.420 e. The molecule has 0 spiro atoms. The SMILES string of the molecule is CS(=O)(=O)OCCc1ccc2ccc(O[C@H]3CC[C@@H](C(F)(F)F)CC3)c(C(F)(F)F)c2c1. The van der Waals surface area contributed by atoms with Crippen LogP contribution in [0.1, 0.15) is 36.8 Å². The first-order valence-electron chi connectivity index (χ1n) is 9.94. The number of fused-ring (bicyclic) bond motifs is 1. The van der Waals surface area contributed by atoms with Gasteiger partial charge in [0.05, 0.1) is 24.9 Å². The molecule has 178 valence electrons. The second kappa shape index (κ2) is 9.09. The Bertz CT molecular complexity index is 1050. The molecular weight excluding hydrogens is 462 g/mol. The number of ether oxygens (including phenoxy) is 1. The van der Waals surface area contributed by atoms with Crippen LogP contribution in [0, 0.1) is 5.92 Å². The van der Waals surface area contributed by atoms with Crippen LogP contribution in [0.2, 0.25) is 0 Å². The minimum atomic E-state index is -4.76. The average Bonchev–Trinajstić information content (AvgIpc) is 2.65. The van der Waals surface area contributed by atoms with Gasteiger partial charge in [-0.15, -0.1) is 0 Å². The van der Waals surface area contributed by atoms with Gasteiger partial charge in [-0.25, -0.2) is 0 Å². The molecule has 1 saturated carbocycles. The minimum Gasteiger partial charge on any atom is -0.490 e. The first-order valence-corrected chi connectivity index (χ1v) is 11.8. The first kappa shape index (κ1) is 24.6. The third-order valence-corrected chi connectivity index (χ3v) is 6.04. The van der Waals surface area contributed by atoms with Gasteiger partial charge < -0.3 is 4.74 Å². The molecule has 2 aromatic carbocycles. The van der Waals surface area contributed by atoms with Crippen molar-refractivity contribution < 1.29 is 43.7 Å². The van der Waals surface area contributed by atoms with Gasteiger partial charge in [0.2, 0.25) is 0 Å². The average molecular weight is 484 g/mol. The van der Waals surface area contributed by atoms with Crippen molar-refractivity contribution in [2.24, 2.45) is 5.92 Å². The Labute approximate surface area is 181 Å². The van der Waals surface area contributed by atoms with Crippen molar-refractivity contribution >= 4 is 20.9 Å². The van der Waals surface area contributed by atoms with Crippen molar-refractivity contribution in [2.45, 2.75) is 50.6 Å². The van der Waals surface area contributed by atoms with Crippen LogP contribution in [-0.4, -0.2) is 33.6 Å². The molecule has 0 unspecified atom stereocenters. The first-order chi connectivity index (χ1) is 14.7. The van der Waals surface area contributed by atoms with Crippen molar-refractivity contribution in [3.8, 4) is 5.75 Å². The predicted molar refractivity (Wildman–Crippen MR) is 106 cm³/mol. The Morgan fingerprint density at radius 1 is 0.969 bits per heavy atom. The molecule has 32 heavy (non-hydrogen) atoms. The third kappa shape index (κ3) is 6.28. The molecule has 11 heteroatoms. The molecule has 0 amide bonds. The lowest BCUT2D eigenvalue weighted by atomic mass is 9.87. The Morgan fingerprint density at radius 2 is 1.59 bits per heavy atom. The standard InChI is InChI=1S/C21H22F6O4S/c1-32(28,29)30-11-10-13-2-3-14-4-9-18(19(17(14)12-13)21(25,26)27)31-16-7-5-15(6-8-16)20(22,23)24/h2-4,9,12,15-16H,5-8,10-11H2,1H3/t15-,16+. The summed E-state index contributed by atoms with van der Waals surface area (Å²) in [5.74, 6) is -1.89. The summed E-state index contributed by atoms with van der Waals surface area (Å²) < 4.78 is 113. The topological polar surface area (TPSA) is 52.6 Å². The Hall–Kier alpha value is -2.01. The fraction of sp³-hybridized carbons (Fsp3) is 0.524. The number of rotatable bonds is 6. The van der Waals surface area contributed by atoms with Gasteiger partial charge in [-0.1, -0.05) is 24.3 Å².